The summed E-state index contributed by atoms with van der Waals surface area (Å²) in [7, 11) is 0. The molecule has 3 nitrogen and oxygen atoms in total. The largest absolute Gasteiger partial charge is 0.462 e. The van der Waals surface area contributed by atoms with Crippen LogP contribution in [0.4, 0.5) is 0 Å². The molecule has 0 spiro atoms. The zero-order chi connectivity index (χ0) is 19.6. The number of hydrogen-bond donors (Lipinski definition) is 0. The molecule has 0 saturated heterocycles. The van der Waals surface area contributed by atoms with Gasteiger partial charge in [0.05, 0.1) is 23.7 Å². The molecule has 0 atom stereocenters. The quantitative estimate of drug-likeness (QED) is 0.324. The van der Waals surface area contributed by atoms with Crippen LogP contribution < -0.4 is 0 Å². The molecule has 0 saturated carbocycles. The number of alkyl halides is 1. The number of aryl methyl sites for hydroxylation is 2. The van der Waals surface area contributed by atoms with E-state index in [-0.39, 0.29) is 5.88 Å². The van der Waals surface area contributed by atoms with Crippen molar-refractivity contribution in [2.45, 2.75) is 39.5 Å². The van der Waals surface area contributed by atoms with Crippen LogP contribution in [0.2, 0.25) is 5.02 Å². The second-order valence-corrected chi connectivity index (χ2v) is 8.04. The Balaban J connectivity index is 2.42. The summed E-state index contributed by atoms with van der Waals surface area (Å²) in [4.78, 5) is 19.7. The highest BCUT2D eigenvalue weighted by Crippen LogP contribution is 2.41. The van der Waals surface area contributed by atoms with E-state index in [0.29, 0.717) is 22.9 Å². The van der Waals surface area contributed by atoms with Crippen LogP contribution >= 0.6 is 34.5 Å². The molecule has 1 aromatic carbocycles. The molecule has 0 radical (unpaired) electrons. The average molecular weight is 422 g/mol. The number of esters is 1. The molecular weight excluding hydrogens is 401 g/mol. The van der Waals surface area contributed by atoms with E-state index in [2.05, 4.69) is 13.8 Å². The summed E-state index contributed by atoms with van der Waals surface area (Å²) in [5, 5.41) is 1.65. The number of carbonyl (C=O) groups excluding carboxylic acids is 1. The van der Waals surface area contributed by atoms with Crippen LogP contribution in [-0.4, -0.2) is 17.6 Å². The van der Waals surface area contributed by atoms with E-state index in [9.17, 15) is 4.79 Å². The maximum absolute atomic E-state index is 12.8. The van der Waals surface area contributed by atoms with Crippen LogP contribution in [0, 0.1) is 6.92 Å². The Hall–Kier alpha value is -1.62. The third-order valence-electron chi connectivity index (χ3n) is 4.47. The minimum atomic E-state index is -0.393. The third kappa shape index (κ3) is 3.84. The molecule has 0 N–H and O–H groups in total. The Labute approximate surface area is 173 Å². The summed E-state index contributed by atoms with van der Waals surface area (Å²) in [6, 6.07) is 7.50. The maximum Gasteiger partial charge on any atom is 0.340 e. The number of halogens is 2. The Morgan fingerprint density at radius 3 is 2.52 bits per heavy atom. The van der Waals surface area contributed by atoms with Crippen LogP contribution in [-0.2, 0) is 17.0 Å². The van der Waals surface area contributed by atoms with Crippen molar-refractivity contribution in [2.75, 3.05) is 6.61 Å². The number of benzene rings is 1. The van der Waals surface area contributed by atoms with Gasteiger partial charge in [-0.05, 0) is 43.5 Å². The average Bonchev–Trinajstić information content (AvgIpc) is 2.97. The Morgan fingerprint density at radius 1 is 1.22 bits per heavy atom. The lowest BCUT2D eigenvalue weighted by atomic mass is 9.94. The molecule has 2 heterocycles. The van der Waals surface area contributed by atoms with Gasteiger partial charge in [-0.25, -0.2) is 9.78 Å². The monoisotopic (exact) mass is 421 g/mol. The normalized spacial score (nSPS) is 11.1. The van der Waals surface area contributed by atoms with E-state index in [1.807, 2.05) is 24.3 Å². The second-order valence-electron chi connectivity index (χ2n) is 6.25. The van der Waals surface area contributed by atoms with Gasteiger partial charge >= 0.3 is 5.97 Å². The summed E-state index contributed by atoms with van der Waals surface area (Å²) in [5.41, 5.74) is 3.91. The van der Waals surface area contributed by atoms with Crippen LogP contribution in [0.5, 0.6) is 0 Å². The van der Waals surface area contributed by atoms with Gasteiger partial charge in [-0.3, -0.25) is 0 Å². The first kappa shape index (κ1) is 20.1. The fraction of sp³-hybridized carbons (Fsp3) is 0.333. The fourth-order valence-corrected chi connectivity index (χ4v) is 4.88. The molecule has 0 fully saturated rings. The lowest BCUT2D eigenvalue weighted by Crippen LogP contribution is -2.11. The lowest BCUT2D eigenvalue weighted by molar-refractivity contribution is 0.0526. The third-order valence-corrected chi connectivity index (χ3v) is 6.22. The fourth-order valence-electron chi connectivity index (χ4n) is 3.26. The highest BCUT2D eigenvalue weighted by atomic mass is 35.5. The van der Waals surface area contributed by atoms with Crippen molar-refractivity contribution in [3.05, 3.63) is 51.0 Å². The molecule has 3 aromatic rings. The molecule has 0 unspecified atom stereocenters. The summed E-state index contributed by atoms with van der Waals surface area (Å²) in [5.74, 6) is -0.250. The number of nitrogens with zero attached hydrogens (tertiary/aromatic N) is 1. The van der Waals surface area contributed by atoms with E-state index in [1.165, 1.54) is 10.4 Å². The first-order chi connectivity index (χ1) is 13.0. The second kappa shape index (κ2) is 8.59. The first-order valence-corrected chi connectivity index (χ1v) is 10.7. The first-order valence-electron chi connectivity index (χ1n) is 8.95. The number of aromatic nitrogens is 1. The molecule has 0 aliphatic carbocycles. The predicted octanol–water partition coefficient (Wildman–Crippen LogP) is 6.79. The minimum Gasteiger partial charge on any atom is -0.462 e. The van der Waals surface area contributed by atoms with Crippen molar-refractivity contribution in [1.29, 1.82) is 0 Å². The Bertz CT molecular complexity index is 980. The SMILES string of the molecule is CCCc1sc2nc(CCl)c(C(=O)OCC)c(-c3ccc(Cl)cc3)c2c1C. The van der Waals surface area contributed by atoms with Crippen molar-refractivity contribution < 1.29 is 9.53 Å². The molecule has 3 rings (SSSR count). The lowest BCUT2D eigenvalue weighted by Gasteiger charge is -2.15. The van der Waals surface area contributed by atoms with E-state index in [0.717, 1.165) is 34.2 Å². The summed E-state index contributed by atoms with van der Waals surface area (Å²) >= 11 is 13.9. The van der Waals surface area contributed by atoms with Crippen LogP contribution in [0.3, 0.4) is 0 Å². The van der Waals surface area contributed by atoms with Gasteiger partial charge in [0.1, 0.15) is 4.83 Å². The molecular formula is C21H21Cl2NO2S. The van der Waals surface area contributed by atoms with Gasteiger partial charge in [0, 0.05) is 20.8 Å². The van der Waals surface area contributed by atoms with Gasteiger partial charge in [0.15, 0.2) is 0 Å². The van der Waals surface area contributed by atoms with Gasteiger partial charge in [-0.15, -0.1) is 22.9 Å². The highest BCUT2D eigenvalue weighted by molar-refractivity contribution is 7.19. The van der Waals surface area contributed by atoms with Gasteiger partial charge in [-0.1, -0.05) is 37.1 Å². The van der Waals surface area contributed by atoms with Crippen molar-refractivity contribution in [1.82, 2.24) is 4.98 Å². The van der Waals surface area contributed by atoms with Crippen LogP contribution in [0.1, 0.15) is 46.8 Å². The van der Waals surface area contributed by atoms with Gasteiger partial charge in [-0.2, -0.15) is 0 Å². The number of carbonyl (C=O) groups is 1. The maximum atomic E-state index is 12.8. The number of thiophene rings is 1. The van der Waals surface area contributed by atoms with Crippen molar-refractivity contribution in [3.8, 4) is 11.1 Å². The molecule has 0 bridgehead atoms. The standard InChI is InChI=1S/C21H21Cl2NO2S/c1-4-6-16-12(3)17-18(13-7-9-14(23)10-8-13)19(21(25)26-5-2)15(11-22)24-20(17)27-16/h7-10H,4-6,11H2,1-3H3. The molecule has 0 aliphatic rings. The van der Waals surface area contributed by atoms with Crippen LogP contribution in [0.15, 0.2) is 24.3 Å². The van der Waals surface area contributed by atoms with Crippen molar-refractivity contribution >= 4 is 50.7 Å². The molecule has 6 heteroatoms. The van der Waals surface area contributed by atoms with E-state index < -0.39 is 5.97 Å². The van der Waals surface area contributed by atoms with Gasteiger partial charge < -0.3 is 4.74 Å². The Kier molecular flexibility index (Phi) is 6.40. The van der Waals surface area contributed by atoms with E-state index >= 15 is 0 Å². The Morgan fingerprint density at radius 2 is 1.93 bits per heavy atom. The number of hydrogen-bond acceptors (Lipinski definition) is 4. The van der Waals surface area contributed by atoms with Gasteiger partial charge in [0.25, 0.3) is 0 Å². The smallest absolute Gasteiger partial charge is 0.340 e. The van der Waals surface area contributed by atoms with Gasteiger partial charge in [0.2, 0.25) is 0 Å². The van der Waals surface area contributed by atoms with Crippen LogP contribution in [0.25, 0.3) is 21.3 Å². The van der Waals surface area contributed by atoms with Crippen molar-refractivity contribution in [3.63, 3.8) is 0 Å². The molecule has 2 aromatic heterocycles. The number of ether oxygens (including phenoxy) is 1. The number of rotatable bonds is 6. The summed E-state index contributed by atoms with van der Waals surface area (Å²) in [6.07, 6.45) is 2.04. The van der Waals surface area contributed by atoms with E-state index in [1.54, 1.807) is 18.3 Å². The summed E-state index contributed by atoms with van der Waals surface area (Å²) < 4.78 is 5.34. The summed E-state index contributed by atoms with van der Waals surface area (Å²) in [6.45, 7) is 6.34. The number of pyridine rings is 1. The zero-order valence-electron chi connectivity index (χ0n) is 15.6. The number of fused-ring (bicyclic) bond motifs is 1. The van der Waals surface area contributed by atoms with E-state index in [4.69, 9.17) is 32.9 Å². The molecule has 0 aliphatic heterocycles. The molecule has 0 amide bonds. The highest BCUT2D eigenvalue weighted by Gasteiger charge is 2.26. The zero-order valence-corrected chi connectivity index (χ0v) is 17.9. The molecule has 142 valence electrons. The molecule has 27 heavy (non-hydrogen) atoms. The van der Waals surface area contributed by atoms with Crippen molar-refractivity contribution in [2.24, 2.45) is 0 Å². The predicted molar refractivity (Wildman–Crippen MR) is 114 cm³/mol. The minimum absolute atomic E-state index is 0.144. The topological polar surface area (TPSA) is 39.2 Å².